The van der Waals surface area contributed by atoms with Gasteiger partial charge in [0.05, 0.1) is 0 Å². The summed E-state index contributed by atoms with van der Waals surface area (Å²) in [5.74, 6) is 0. The Bertz CT molecular complexity index is 395. The number of piperazine rings is 1. The zero-order chi connectivity index (χ0) is 14.6. The van der Waals surface area contributed by atoms with Crippen molar-refractivity contribution in [3.8, 4) is 0 Å². The minimum absolute atomic E-state index is 0.317. The molecule has 2 heteroatoms. The van der Waals surface area contributed by atoms with Crippen molar-refractivity contribution in [2.24, 2.45) is 0 Å². The molecule has 1 atom stereocenters. The van der Waals surface area contributed by atoms with Gasteiger partial charge in [0.15, 0.2) is 0 Å². The zero-order valence-electron chi connectivity index (χ0n) is 13.5. The number of rotatable bonds is 5. The Labute approximate surface area is 124 Å². The largest absolute Gasteiger partial charge is 0.308 e. The van der Waals surface area contributed by atoms with Gasteiger partial charge in [-0.05, 0) is 38.7 Å². The lowest BCUT2D eigenvalue weighted by atomic mass is 9.86. The normalized spacial score (nSPS) is 23.1. The lowest BCUT2D eigenvalue weighted by Gasteiger charge is -2.49. The molecule has 1 aromatic carbocycles. The molecule has 0 spiro atoms. The average molecular weight is 274 g/mol. The predicted molar refractivity (Wildman–Crippen MR) is 87.1 cm³/mol. The van der Waals surface area contributed by atoms with Crippen LogP contribution in [0.1, 0.15) is 46.1 Å². The minimum Gasteiger partial charge on any atom is -0.308 e. The first-order valence-corrected chi connectivity index (χ1v) is 8.15. The molecule has 1 fully saturated rings. The number of benzene rings is 1. The van der Waals surface area contributed by atoms with Gasteiger partial charge in [-0.3, -0.25) is 4.90 Å². The van der Waals surface area contributed by atoms with E-state index < -0.39 is 0 Å². The summed E-state index contributed by atoms with van der Waals surface area (Å²) in [5.41, 5.74) is 1.77. The van der Waals surface area contributed by atoms with E-state index in [0.29, 0.717) is 17.6 Å². The molecule has 20 heavy (non-hydrogen) atoms. The highest BCUT2D eigenvalue weighted by molar-refractivity contribution is 5.17. The quantitative estimate of drug-likeness (QED) is 0.884. The third-order valence-corrected chi connectivity index (χ3v) is 5.00. The minimum atomic E-state index is 0.317. The van der Waals surface area contributed by atoms with Crippen LogP contribution in [0, 0.1) is 0 Å². The molecule has 1 saturated heterocycles. The molecular formula is C18H30N2. The van der Waals surface area contributed by atoms with Crippen LogP contribution in [0.2, 0.25) is 0 Å². The van der Waals surface area contributed by atoms with Crippen molar-refractivity contribution in [1.82, 2.24) is 10.2 Å². The molecule has 0 aromatic heterocycles. The van der Waals surface area contributed by atoms with Crippen molar-refractivity contribution in [1.29, 1.82) is 0 Å². The molecule has 0 aliphatic carbocycles. The third-order valence-electron chi connectivity index (χ3n) is 5.00. The van der Waals surface area contributed by atoms with Crippen LogP contribution in [-0.4, -0.2) is 35.6 Å². The Morgan fingerprint density at radius 1 is 1.20 bits per heavy atom. The van der Waals surface area contributed by atoms with E-state index in [9.17, 15) is 0 Å². The molecule has 1 heterocycles. The molecule has 2 nitrogen and oxygen atoms in total. The maximum absolute atomic E-state index is 3.85. The van der Waals surface area contributed by atoms with Crippen molar-refractivity contribution in [3.05, 3.63) is 35.9 Å². The molecule has 1 aliphatic rings. The van der Waals surface area contributed by atoms with E-state index in [1.807, 2.05) is 0 Å². The highest BCUT2D eigenvalue weighted by atomic mass is 15.3. The molecule has 0 bridgehead atoms. The van der Waals surface area contributed by atoms with E-state index in [-0.39, 0.29) is 0 Å². The summed E-state index contributed by atoms with van der Waals surface area (Å²) < 4.78 is 0. The van der Waals surface area contributed by atoms with Gasteiger partial charge in [0.25, 0.3) is 0 Å². The van der Waals surface area contributed by atoms with E-state index in [0.717, 1.165) is 13.0 Å². The van der Waals surface area contributed by atoms with E-state index in [4.69, 9.17) is 0 Å². The monoisotopic (exact) mass is 274 g/mol. The molecular weight excluding hydrogens is 244 g/mol. The van der Waals surface area contributed by atoms with Crippen LogP contribution in [0.5, 0.6) is 0 Å². The fourth-order valence-electron chi connectivity index (χ4n) is 3.39. The van der Waals surface area contributed by atoms with Gasteiger partial charge in [0.1, 0.15) is 0 Å². The maximum Gasteiger partial charge on any atom is 0.0304 e. The third kappa shape index (κ3) is 3.42. The molecule has 2 rings (SSSR count). The van der Waals surface area contributed by atoms with Crippen molar-refractivity contribution in [2.75, 3.05) is 13.1 Å². The first-order valence-electron chi connectivity index (χ1n) is 8.15. The second-order valence-electron chi connectivity index (χ2n) is 6.48. The molecule has 1 aromatic rings. The smallest absolute Gasteiger partial charge is 0.0304 e. The van der Waals surface area contributed by atoms with Crippen LogP contribution in [0.3, 0.4) is 0 Å². The second-order valence-corrected chi connectivity index (χ2v) is 6.48. The van der Waals surface area contributed by atoms with Gasteiger partial charge in [-0.15, -0.1) is 0 Å². The van der Waals surface area contributed by atoms with Gasteiger partial charge in [0, 0.05) is 30.7 Å². The van der Waals surface area contributed by atoms with Crippen molar-refractivity contribution in [2.45, 2.75) is 64.6 Å². The highest BCUT2D eigenvalue weighted by Gasteiger charge is 2.37. The van der Waals surface area contributed by atoms with Crippen LogP contribution in [0.4, 0.5) is 0 Å². The van der Waals surface area contributed by atoms with Crippen molar-refractivity contribution < 1.29 is 0 Å². The summed E-state index contributed by atoms with van der Waals surface area (Å²) in [4.78, 5) is 2.70. The van der Waals surface area contributed by atoms with Gasteiger partial charge in [-0.2, -0.15) is 0 Å². The van der Waals surface area contributed by atoms with E-state index in [2.05, 4.69) is 68.2 Å². The van der Waals surface area contributed by atoms with Gasteiger partial charge in [-0.25, -0.2) is 0 Å². The molecule has 1 aliphatic heterocycles. The first kappa shape index (κ1) is 15.5. The fourth-order valence-corrected chi connectivity index (χ4v) is 3.39. The molecule has 1 unspecified atom stereocenters. The first-order chi connectivity index (χ1) is 9.60. The number of nitrogens with one attached hydrogen (secondary N) is 1. The van der Waals surface area contributed by atoms with Gasteiger partial charge >= 0.3 is 0 Å². The van der Waals surface area contributed by atoms with Crippen LogP contribution < -0.4 is 5.32 Å². The summed E-state index contributed by atoms with van der Waals surface area (Å²) in [5, 5.41) is 3.85. The zero-order valence-corrected chi connectivity index (χ0v) is 13.5. The lowest BCUT2D eigenvalue weighted by Crippen LogP contribution is -2.65. The van der Waals surface area contributed by atoms with Crippen molar-refractivity contribution in [3.63, 3.8) is 0 Å². The Balaban J connectivity index is 2.10. The van der Waals surface area contributed by atoms with Gasteiger partial charge in [0.2, 0.25) is 0 Å². The highest BCUT2D eigenvalue weighted by Crippen LogP contribution is 2.25. The van der Waals surface area contributed by atoms with E-state index in [1.54, 1.807) is 0 Å². The van der Waals surface area contributed by atoms with E-state index in [1.165, 1.54) is 24.9 Å². The van der Waals surface area contributed by atoms with Gasteiger partial charge in [-0.1, -0.05) is 44.2 Å². The van der Waals surface area contributed by atoms with Crippen LogP contribution >= 0.6 is 0 Å². The Kier molecular flexibility index (Phi) is 5.22. The number of nitrogens with zero attached hydrogens (tertiary/aromatic N) is 1. The Hall–Kier alpha value is -0.860. The fraction of sp³-hybridized carbons (Fsp3) is 0.667. The second kappa shape index (κ2) is 6.73. The number of hydrogen-bond acceptors (Lipinski definition) is 2. The molecule has 1 N–H and O–H groups in total. The van der Waals surface area contributed by atoms with Crippen LogP contribution in [0.25, 0.3) is 0 Å². The SMILES string of the molecule is CCC1(CC)CN(C(C)C)C(Cc2ccccc2)CN1. The Morgan fingerprint density at radius 3 is 2.40 bits per heavy atom. The predicted octanol–water partition coefficient (Wildman–Crippen LogP) is 3.47. The van der Waals surface area contributed by atoms with Crippen LogP contribution in [-0.2, 0) is 6.42 Å². The number of hydrogen-bond donors (Lipinski definition) is 1. The molecule has 0 radical (unpaired) electrons. The molecule has 0 saturated carbocycles. The van der Waals surface area contributed by atoms with E-state index >= 15 is 0 Å². The maximum atomic E-state index is 3.85. The van der Waals surface area contributed by atoms with Crippen LogP contribution in [0.15, 0.2) is 30.3 Å². The summed E-state index contributed by atoms with van der Waals surface area (Å²) >= 11 is 0. The summed E-state index contributed by atoms with van der Waals surface area (Å²) in [6.07, 6.45) is 3.57. The van der Waals surface area contributed by atoms with Crippen molar-refractivity contribution >= 4 is 0 Å². The lowest BCUT2D eigenvalue weighted by molar-refractivity contribution is 0.0481. The summed E-state index contributed by atoms with van der Waals surface area (Å²) in [6, 6.07) is 12.1. The topological polar surface area (TPSA) is 15.3 Å². The summed E-state index contributed by atoms with van der Waals surface area (Å²) in [7, 11) is 0. The molecule has 0 amide bonds. The molecule has 112 valence electrons. The standard InChI is InChI=1S/C18H30N2/c1-5-18(6-2)14-20(15(3)4)17(13-19-18)12-16-10-8-7-9-11-16/h7-11,15,17,19H,5-6,12-14H2,1-4H3. The van der Waals surface area contributed by atoms with Gasteiger partial charge < -0.3 is 5.32 Å². The Morgan fingerprint density at radius 2 is 1.85 bits per heavy atom. The average Bonchev–Trinajstić information content (AvgIpc) is 2.49. The summed E-state index contributed by atoms with van der Waals surface area (Å²) in [6.45, 7) is 11.6.